The van der Waals surface area contributed by atoms with Crippen LogP contribution in [0, 0.1) is 6.92 Å². The number of aromatic nitrogens is 4. The summed E-state index contributed by atoms with van der Waals surface area (Å²) in [6.45, 7) is 4.51. The van der Waals surface area contributed by atoms with Crippen molar-refractivity contribution in [2.75, 3.05) is 18.4 Å². The Labute approximate surface area is 167 Å². The molecule has 0 spiro atoms. The van der Waals surface area contributed by atoms with Gasteiger partial charge in [-0.1, -0.05) is 35.1 Å². The first-order valence-electron chi connectivity index (χ1n) is 9.17. The maximum absolute atomic E-state index is 12.4. The normalized spacial score (nSPS) is 14.7. The third-order valence-corrected chi connectivity index (χ3v) is 5.54. The van der Waals surface area contributed by atoms with E-state index in [-0.39, 0.29) is 5.91 Å². The van der Waals surface area contributed by atoms with Gasteiger partial charge in [-0.25, -0.2) is 0 Å². The molecule has 1 aliphatic heterocycles. The lowest BCUT2D eigenvalue weighted by Gasteiger charge is -2.25. The van der Waals surface area contributed by atoms with E-state index in [1.807, 2.05) is 55.3 Å². The van der Waals surface area contributed by atoms with E-state index < -0.39 is 0 Å². The van der Waals surface area contributed by atoms with E-state index in [9.17, 15) is 4.79 Å². The number of benzene rings is 1. The summed E-state index contributed by atoms with van der Waals surface area (Å²) in [4.78, 5) is 14.7. The minimum atomic E-state index is -0.220. The summed E-state index contributed by atoms with van der Waals surface area (Å²) in [5.41, 5.74) is 4.34. The van der Waals surface area contributed by atoms with Crippen molar-refractivity contribution >= 4 is 28.5 Å². The van der Waals surface area contributed by atoms with Crippen LogP contribution in [-0.2, 0) is 13.6 Å². The molecule has 0 radical (unpaired) electrons. The number of carbonyl (C=O) groups is 1. The van der Waals surface area contributed by atoms with Crippen LogP contribution in [0.3, 0.4) is 0 Å². The molecule has 28 heavy (non-hydrogen) atoms. The van der Waals surface area contributed by atoms with Gasteiger partial charge in [-0.05, 0) is 31.1 Å². The van der Waals surface area contributed by atoms with Gasteiger partial charge in [-0.2, -0.15) is 5.10 Å². The number of carbonyl (C=O) groups excluding carboxylic acids is 1. The lowest BCUT2D eigenvalue weighted by Crippen LogP contribution is -2.28. The third-order valence-electron chi connectivity index (χ3n) is 4.64. The molecule has 3 heterocycles. The van der Waals surface area contributed by atoms with Crippen molar-refractivity contribution in [1.29, 1.82) is 0 Å². The van der Waals surface area contributed by atoms with Crippen LogP contribution in [0.1, 0.15) is 32.4 Å². The Morgan fingerprint density at radius 2 is 2.07 bits per heavy atom. The zero-order valence-electron chi connectivity index (χ0n) is 15.9. The third kappa shape index (κ3) is 4.35. The first-order chi connectivity index (χ1) is 13.6. The van der Waals surface area contributed by atoms with Crippen molar-refractivity contribution in [3.05, 3.63) is 63.9 Å². The molecule has 4 rings (SSSR count). The Morgan fingerprint density at radius 3 is 2.82 bits per heavy atom. The highest BCUT2D eigenvalue weighted by Gasteiger charge is 2.19. The zero-order chi connectivity index (χ0) is 19.5. The second kappa shape index (κ2) is 8.04. The average Bonchev–Trinajstić information content (AvgIpc) is 3.33. The fourth-order valence-corrected chi connectivity index (χ4v) is 3.94. The minimum absolute atomic E-state index is 0.220. The molecule has 3 aromatic rings. The molecular weight excluding hydrogens is 372 g/mol. The van der Waals surface area contributed by atoms with Gasteiger partial charge < -0.3 is 5.32 Å². The molecule has 0 bridgehead atoms. The van der Waals surface area contributed by atoms with Crippen molar-refractivity contribution in [2.24, 2.45) is 7.05 Å². The SMILES string of the molecule is Cc1ccc(NC(=O)c2nnc(CN3CCC=C(c4cnn(C)c4)C3)s2)cc1. The summed E-state index contributed by atoms with van der Waals surface area (Å²) in [6.07, 6.45) is 7.19. The second-order valence-corrected chi connectivity index (χ2v) is 8.01. The summed E-state index contributed by atoms with van der Waals surface area (Å²) < 4.78 is 1.82. The molecule has 8 heteroatoms. The molecule has 1 amide bonds. The topological polar surface area (TPSA) is 75.9 Å². The van der Waals surface area contributed by atoms with Crippen LogP contribution >= 0.6 is 11.3 Å². The van der Waals surface area contributed by atoms with E-state index in [1.165, 1.54) is 16.9 Å². The molecular formula is C20H22N6OS. The van der Waals surface area contributed by atoms with Crippen LogP contribution in [-0.4, -0.2) is 43.9 Å². The van der Waals surface area contributed by atoms with Gasteiger partial charge >= 0.3 is 0 Å². The van der Waals surface area contributed by atoms with Gasteiger partial charge in [0.1, 0.15) is 5.01 Å². The van der Waals surface area contributed by atoms with Crippen LogP contribution in [0.15, 0.2) is 42.7 Å². The minimum Gasteiger partial charge on any atom is -0.320 e. The average molecular weight is 395 g/mol. The van der Waals surface area contributed by atoms with Gasteiger partial charge in [0.05, 0.1) is 12.7 Å². The smallest absolute Gasteiger partial charge is 0.286 e. The number of nitrogens with one attached hydrogen (secondary N) is 1. The van der Waals surface area contributed by atoms with Gasteiger partial charge in [-0.15, -0.1) is 10.2 Å². The second-order valence-electron chi connectivity index (χ2n) is 6.95. The van der Waals surface area contributed by atoms with Crippen LogP contribution in [0.5, 0.6) is 0 Å². The lowest BCUT2D eigenvalue weighted by atomic mass is 10.0. The Kier molecular flexibility index (Phi) is 5.31. The summed E-state index contributed by atoms with van der Waals surface area (Å²) >= 11 is 1.35. The number of amides is 1. The van der Waals surface area contributed by atoms with Gasteiger partial charge in [0.25, 0.3) is 5.91 Å². The maximum atomic E-state index is 12.4. The van der Waals surface area contributed by atoms with Crippen molar-refractivity contribution < 1.29 is 4.79 Å². The van der Waals surface area contributed by atoms with Crippen LogP contribution in [0.2, 0.25) is 0 Å². The van der Waals surface area contributed by atoms with E-state index in [1.54, 1.807) is 0 Å². The van der Waals surface area contributed by atoms with Gasteiger partial charge in [-0.3, -0.25) is 14.4 Å². The fourth-order valence-electron chi connectivity index (χ4n) is 3.16. The van der Waals surface area contributed by atoms with Gasteiger partial charge in [0.2, 0.25) is 5.01 Å². The van der Waals surface area contributed by atoms with E-state index in [0.29, 0.717) is 11.6 Å². The standard InChI is InChI=1S/C20H22N6OS/c1-14-5-7-17(8-6-14)22-19(27)20-24-23-18(28-20)13-26-9-3-4-15(12-26)16-10-21-25(2)11-16/h4-8,10-11H,3,9,12-13H2,1-2H3,(H,22,27). The molecule has 7 nitrogen and oxygen atoms in total. The highest BCUT2D eigenvalue weighted by molar-refractivity contribution is 7.13. The first kappa shape index (κ1) is 18.5. The summed E-state index contributed by atoms with van der Waals surface area (Å²) in [7, 11) is 1.93. The molecule has 1 aromatic carbocycles. The highest BCUT2D eigenvalue weighted by atomic mass is 32.1. The zero-order valence-corrected chi connectivity index (χ0v) is 16.7. The van der Waals surface area contributed by atoms with Crippen LogP contribution in [0.4, 0.5) is 5.69 Å². The predicted octanol–water partition coefficient (Wildman–Crippen LogP) is 3.12. The maximum Gasteiger partial charge on any atom is 0.286 e. The fraction of sp³-hybridized carbons (Fsp3) is 0.300. The van der Waals surface area contributed by atoms with Crippen LogP contribution in [0.25, 0.3) is 5.57 Å². The lowest BCUT2D eigenvalue weighted by molar-refractivity contribution is 0.102. The molecule has 0 unspecified atom stereocenters. The Hall–Kier alpha value is -2.84. The quantitative estimate of drug-likeness (QED) is 0.720. The summed E-state index contributed by atoms with van der Waals surface area (Å²) in [6, 6.07) is 7.69. The Balaban J connectivity index is 1.37. The van der Waals surface area contributed by atoms with Crippen LogP contribution < -0.4 is 5.32 Å². The molecule has 1 aliphatic rings. The molecule has 0 saturated carbocycles. The van der Waals surface area contributed by atoms with Crippen molar-refractivity contribution in [3.8, 4) is 0 Å². The molecule has 0 fully saturated rings. The van der Waals surface area contributed by atoms with E-state index in [0.717, 1.165) is 41.3 Å². The van der Waals surface area contributed by atoms with E-state index in [4.69, 9.17) is 0 Å². The molecule has 144 valence electrons. The monoisotopic (exact) mass is 394 g/mol. The largest absolute Gasteiger partial charge is 0.320 e. The summed E-state index contributed by atoms with van der Waals surface area (Å²) in [5.74, 6) is -0.220. The molecule has 1 N–H and O–H groups in total. The molecule has 0 saturated heterocycles. The number of rotatable bonds is 5. The van der Waals surface area contributed by atoms with Crippen molar-refractivity contribution in [1.82, 2.24) is 24.9 Å². The number of hydrogen-bond donors (Lipinski definition) is 1. The predicted molar refractivity (Wildman–Crippen MR) is 110 cm³/mol. The highest BCUT2D eigenvalue weighted by Crippen LogP contribution is 2.22. The molecule has 0 aliphatic carbocycles. The molecule has 0 atom stereocenters. The Morgan fingerprint density at radius 1 is 1.25 bits per heavy atom. The number of hydrogen-bond acceptors (Lipinski definition) is 6. The molecule has 2 aromatic heterocycles. The summed E-state index contributed by atoms with van der Waals surface area (Å²) in [5, 5.41) is 16.7. The first-order valence-corrected chi connectivity index (χ1v) is 9.99. The Bertz CT molecular complexity index is 1000. The van der Waals surface area contributed by atoms with Crippen molar-refractivity contribution in [2.45, 2.75) is 19.9 Å². The van der Waals surface area contributed by atoms with Gasteiger partial charge in [0.15, 0.2) is 0 Å². The van der Waals surface area contributed by atoms with E-state index in [2.05, 4.69) is 31.6 Å². The number of anilines is 1. The number of aryl methyl sites for hydroxylation is 2. The number of nitrogens with zero attached hydrogens (tertiary/aromatic N) is 5. The van der Waals surface area contributed by atoms with E-state index >= 15 is 0 Å². The van der Waals surface area contributed by atoms with Gasteiger partial charge in [0, 0.05) is 37.6 Å². The van der Waals surface area contributed by atoms with Crippen molar-refractivity contribution in [3.63, 3.8) is 0 Å².